The van der Waals surface area contributed by atoms with Crippen LogP contribution >= 0.6 is 0 Å². The number of carbonyl (C=O) groups is 1. The minimum atomic E-state index is -3.61. The molecule has 0 radical (unpaired) electrons. The van der Waals surface area contributed by atoms with E-state index in [2.05, 4.69) is 12.2 Å². The molecular weight excluding hydrogens is 348 g/mol. The average Bonchev–Trinajstić information content (AvgIpc) is 2.61. The lowest BCUT2D eigenvalue weighted by Gasteiger charge is -2.28. The topological polar surface area (TPSA) is 66.5 Å². The number of anilines is 2. The first kappa shape index (κ1) is 20.0. The lowest BCUT2D eigenvalue weighted by atomic mass is 10.1. The predicted molar refractivity (Wildman–Crippen MR) is 107 cm³/mol. The third-order valence-corrected chi connectivity index (χ3v) is 5.56. The summed E-state index contributed by atoms with van der Waals surface area (Å²) in [5.74, 6) is -0.376. The molecule has 2 aromatic carbocycles. The van der Waals surface area contributed by atoms with Crippen molar-refractivity contribution in [2.75, 3.05) is 15.9 Å². The smallest absolute Gasteiger partial charge is 0.247 e. The number of amides is 1. The predicted octanol–water partition coefficient (Wildman–Crippen LogP) is 3.60. The Morgan fingerprint density at radius 2 is 1.42 bits per heavy atom. The van der Waals surface area contributed by atoms with Gasteiger partial charge in [-0.2, -0.15) is 0 Å². The van der Waals surface area contributed by atoms with Crippen LogP contribution in [0.3, 0.4) is 0 Å². The number of nitrogens with zero attached hydrogens (tertiary/aromatic N) is 1. The van der Waals surface area contributed by atoms with E-state index in [4.69, 9.17) is 0 Å². The van der Waals surface area contributed by atoms with E-state index in [1.54, 1.807) is 19.1 Å². The Morgan fingerprint density at radius 3 is 1.85 bits per heavy atom. The van der Waals surface area contributed by atoms with Crippen molar-refractivity contribution in [3.8, 4) is 0 Å². The van der Waals surface area contributed by atoms with Gasteiger partial charge in [0.05, 0.1) is 11.9 Å². The highest BCUT2D eigenvalue weighted by atomic mass is 32.2. The second-order valence-electron chi connectivity index (χ2n) is 6.29. The Bertz CT molecular complexity index is 844. The van der Waals surface area contributed by atoms with E-state index >= 15 is 0 Å². The fourth-order valence-electron chi connectivity index (χ4n) is 2.76. The Morgan fingerprint density at radius 1 is 0.962 bits per heavy atom. The van der Waals surface area contributed by atoms with E-state index in [9.17, 15) is 13.2 Å². The van der Waals surface area contributed by atoms with Crippen molar-refractivity contribution in [3.05, 3.63) is 59.7 Å². The van der Waals surface area contributed by atoms with Crippen molar-refractivity contribution in [3.63, 3.8) is 0 Å². The maximum atomic E-state index is 12.6. The van der Waals surface area contributed by atoms with Gasteiger partial charge in [0.15, 0.2) is 0 Å². The standard InChI is InChI=1S/C20H26N2O3S/c1-5-16-7-11-18(12-8-16)21-20(23)15(3)22(26(4,24)25)19-13-9-17(6-2)10-14-19/h7-15H,5-6H2,1-4H3,(H,21,23)/t15-/m0/s1. The van der Waals surface area contributed by atoms with Gasteiger partial charge in [-0.1, -0.05) is 38.1 Å². The van der Waals surface area contributed by atoms with Gasteiger partial charge in [0.25, 0.3) is 0 Å². The van der Waals surface area contributed by atoms with Gasteiger partial charge in [-0.05, 0) is 55.2 Å². The molecule has 0 bridgehead atoms. The van der Waals surface area contributed by atoms with Gasteiger partial charge in [-0.25, -0.2) is 8.42 Å². The molecule has 0 aromatic heterocycles. The van der Waals surface area contributed by atoms with Gasteiger partial charge in [-0.3, -0.25) is 9.10 Å². The highest BCUT2D eigenvalue weighted by Crippen LogP contribution is 2.22. The fraction of sp³-hybridized carbons (Fsp3) is 0.350. The fourth-order valence-corrected chi connectivity index (χ4v) is 3.93. The summed E-state index contributed by atoms with van der Waals surface area (Å²) >= 11 is 0. The molecule has 1 amide bonds. The molecule has 5 nitrogen and oxygen atoms in total. The van der Waals surface area contributed by atoms with E-state index in [1.807, 2.05) is 43.3 Å². The third kappa shape index (κ3) is 4.85. The van der Waals surface area contributed by atoms with Gasteiger partial charge in [0, 0.05) is 5.69 Å². The number of sulfonamides is 1. The number of nitrogens with one attached hydrogen (secondary N) is 1. The zero-order valence-corrected chi connectivity index (χ0v) is 16.5. The molecular formula is C20H26N2O3S. The van der Waals surface area contributed by atoms with Crippen molar-refractivity contribution in [2.24, 2.45) is 0 Å². The molecule has 0 unspecified atom stereocenters. The van der Waals surface area contributed by atoms with Crippen LogP contribution in [0.4, 0.5) is 11.4 Å². The SMILES string of the molecule is CCc1ccc(NC(=O)[C@H](C)N(c2ccc(CC)cc2)S(C)(=O)=O)cc1. The summed E-state index contributed by atoms with van der Waals surface area (Å²) in [6.07, 6.45) is 2.89. The van der Waals surface area contributed by atoms with Gasteiger partial charge < -0.3 is 5.32 Å². The minimum Gasteiger partial charge on any atom is -0.324 e. The number of carbonyl (C=O) groups excluding carboxylic acids is 1. The number of benzene rings is 2. The minimum absolute atomic E-state index is 0.376. The Balaban J connectivity index is 2.24. The molecule has 0 aliphatic carbocycles. The van der Waals surface area contributed by atoms with Crippen molar-refractivity contribution in [2.45, 2.75) is 39.7 Å². The van der Waals surface area contributed by atoms with Gasteiger partial charge in [-0.15, -0.1) is 0 Å². The molecule has 0 fully saturated rings. The van der Waals surface area contributed by atoms with Crippen molar-refractivity contribution in [1.29, 1.82) is 0 Å². The normalized spacial score (nSPS) is 12.5. The molecule has 0 aliphatic rings. The van der Waals surface area contributed by atoms with Crippen LogP contribution in [-0.4, -0.2) is 26.6 Å². The first-order valence-corrected chi connectivity index (χ1v) is 10.6. The Hall–Kier alpha value is -2.34. The first-order valence-electron chi connectivity index (χ1n) is 8.74. The first-order chi connectivity index (χ1) is 12.3. The molecule has 140 valence electrons. The largest absolute Gasteiger partial charge is 0.324 e. The van der Waals surface area contributed by atoms with Crippen LogP contribution in [0.25, 0.3) is 0 Å². The van der Waals surface area contributed by atoms with Gasteiger partial charge >= 0.3 is 0 Å². The van der Waals surface area contributed by atoms with Crippen LogP contribution in [-0.2, 0) is 27.7 Å². The molecule has 0 saturated carbocycles. The van der Waals surface area contributed by atoms with E-state index in [-0.39, 0.29) is 5.91 Å². The monoisotopic (exact) mass is 374 g/mol. The summed E-state index contributed by atoms with van der Waals surface area (Å²) in [7, 11) is -3.61. The van der Waals surface area contributed by atoms with Gasteiger partial charge in [0.1, 0.15) is 6.04 Å². The molecule has 1 atom stereocenters. The number of hydrogen-bond acceptors (Lipinski definition) is 3. The average molecular weight is 375 g/mol. The number of aryl methyl sites for hydroxylation is 2. The molecule has 1 N–H and O–H groups in total. The van der Waals surface area contributed by atoms with Crippen LogP contribution in [0.15, 0.2) is 48.5 Å². The van der Waals surface area contributed by atoms with Crippen LogP contribution in [0.5, 0.6) is 0 Å². The second kappa shape index (κ2) is 8.36. The molecule has 0 saturated heterocycles. The summed E-state index contributed by atoms with van der Waals surface area (Å²) in [5.41, 5.74) is 3.41. The lowest BCUT2D eigenvalue weighted by Crippen LogP contribution is -2.45. The van der Waals surface area contributed by atoms with E-state index in [0.29, 0.717) is 11.4 Å². The lowest BCUT2D eigenvalue weighted by molar-refractivity contribution is -0.116. The van der Waals surface area contributed by atoms with Crippen LogP contribution in [0.2, 0.25) is 0 Å². The molecule has 0 spiro atoms. The molecule has 0 aliphatic heterocycles. The third-order valence-electron chi connectivity index (χ3n) is 4.32. The second-order valence-corrected chi connectivity index (χ2v) is 8.15. The molecule has 0 heterocycles. The van der Waals surface area contributed by atoms with E-state index in [1.165, 1.54) is 5.56 Å². The van der Waals surface area contributed by atoms with Crippen LogP contribution in [0, 0.1) is 0 Å². The molecule has 2 rings (SSSR count). The zero-order chi connectivity index (χ0) is 19.3. The number of rotatable bonds is 7. The summed E-state index contributed by atoms with van der Waals surface area (Å²) in [6, 6.07) is 13.9. The van der Waals surface area contributed by atoms with Crippen molar-refractivity contribution >= 4 is 27.3 Å². The quantitative estimate of drug-likeness (QED) is 0.805. The Kier molecular flexibility index (Phi) is 6.42. The summed E-state index contributed by atoms with van der Waals surface area (Å²) in [6.45, 7) is 5.68. The molecule has 2 aromatic rings. The van der Waals surface area contributed by atoms with Crippen molar-refractivity contribution < 1.29 is 13.2 Å². The number of hydrogen-bond donors (Lipinski definition) is 1. The van der Waals surface area contributed by atoms with Crippen molar-refractivity contribution in [1.82, 2.24) is 0 Å². The molecule has 26 heavy (non-hydrogen) atoms. The highest BCUT2D eigenvalue weighted by molar-refractivity contribution is 7.92. The van der Waals surface area contributed by atoms with E-state index < -0.39 is 16.1 Å². The maximum Gasteiger partial charge on any atom is 0.247 e. The summed E-state index contributed by atoms with van der Waals surface area (Å²) in [5, 5.41) is 2.79. The molecule has 6 heteroatoms. The summed E-state index contributed by atoms with van der Waals surface area (Å²) in [4.78, 5) is 12.6. The van der Waals surface area contributed by atoms with Gasteiger partial charge in [0.2, 0.25) is 15.9 Å². The summed E-state index contributed by atoms with van der Waals surface area (Å²) < 4.78 is 25.8. The highest BCUT2D eigenvalue weighted by Gasteiger charge is 2.29. The van der Waals surface area contributed by atoms with E-state index in [0.717, 1.165) is 29.0 Å². The maximum absolute atomic E-state index is 12.6. The van der Waals surface area contributed by atoms with Crippen LogP contribution < -0.4 is 9.62 Å². The zero-order valence-electron chi connectivity index (χ0n) is 15.7. The Labute approximate surface area is 156 Å². The van der Waals surface area contributed by atoms with Crippen LogP contribution in [0.1, 0.15) is 31.9 Å².